The largest absolute Gasteiger partial charge is 0.507 e. The first-order valence-electron chi connectivity index (χ1n) is 31.7. The zero-order valence-corrected chi connectivity index (χ0v) is 54.0. The summed E-state index contributed by atoms with van der Waals surface area (Å²) < 4.78 is 67.0. The molecule has 5 amide bonds. The summed E-state index contributed by atoms with van der Waals surface area (Å²) in [7, 11) is 2.88. The highest BCUT2D eigenvalue weighted by molar-refractivity contribution is 6.31. The van der Waals surface area contributed by atoms with Gasteiger partial charge >= 0.3 is 0 Å². The van der Waals surface area contributed by atoms with Crippen LogP contribution in [-0.4, -0.2) is 259 Å². The van der Waals surface area contributed by atoms with E-state index in [1.165, 1.54) is 32.2 Å². The molecule has 0 bridgehead atoms. The molecule has 8 N–H and O–H groups in total. The SMILES string of the molecule is COCCOCCOCCOCCCC(=O)[C@H](Cc1ccc(OCC(=O)N[C@@H]2C[C@@H](O[C@@H]3C[C@@](O)(C(=O)CO)Cc4c(O)c5c(c(O)c43)C(=O)c3c(OC)cccc3C5=O)O[C@H](C)[C@@H]2O)cc1)NC(=O)CCOCCOCCOCCOCCNC(=O)CCN1C(=O)C=CC1=O. The van der Waals surface area contributed by atoms with Gasteiger partial charge in [-0.25, -0.2) is 0 Å². The van der Waals surface area contributed by atoms with Crippen LogP contribution in [0, 0.1) is 0 Å². The van der Waals surface area contributed by atoms with E-state index in [1.54, 1.807) is 31.4 Å². The molecule has 0 spiro atoms. The number of hydrogen-bond acceptors (Lipinski definition) is 26. The van der Waals surface area contributed by atoms with Gasteiger partial charge in [0.2, 0.25) is 17.6 Å². The molecular formula is C66H86N4O26. The molecule has 1 fully saturated rings. The molecule has 2 heterocycles. The Bertz CT molecular complexity index is 3180. The van der Waals surface area contributed by atoms with E-state index in [4.69, 9.17) is 56.8 Å². The van der Waals surface area contributed by atoms with Crippen molar-refractivity contribution in [2.75, 3.05) is 140 Å². The van der Waals surface area contributed by atoms with Crippen molar-refractivity contribution in [3.63, 3.8) is 0 Å². The number of benzene rings is 3. The van der Waals surface area contributed by atoms with Crippen molar-refractivity contribution < 1.29 is 126 Å². The van der Waals surface area contributed by atoms with Crippen LogP contribution in [0.2, 0.25) is 0 Å². The van der Waals surface area contributed by atoms with Gasteiger partial charge in [0.1, 0.15) is 41.3 Å². The monoisotopic (exact) mass is 1350 g/mol. The number of nitrogens with zero attached hydrogens (tertiary/aromatic N) is 1. The molecule has 2 aliphatic carbocycles. The molecule has 526 valence electrons. The lowest BCUT2D eigenvalue weighted by Crippen LogP contribution is -2.56. The van der Waals surface area contributed by atoms with E-state index < -0.39 is 132 Å². The molecule has 1 saturated heterocycles. The van der Waals surface area contributed by atoms with Crippen molar-refractivity contribution in [2.24, 2.45) is 0 Å². The van der Waals surface area contributed by atoms with Gasteiger partial charge in [0.05, 0.1) is 141 Å². The highest BCUT2D eigenvalue weighted by atomic mass is 16.7. The van der Waals surface area contributed by atoms with Crippen LogP contribution in [0.4, 0.5) is 0 Å². The average molecular weight is 1350 g/mol. The van der Waals surface area contributed by atoms with Crippen molar-refractivity contribution in [1.29, 1.82) is 0 Å². The molecule has 3 aromatic carbocycles. The number of phenolic OH excluding ortho intramolecular Hbond substituents is 2. The second-order valence-electron chi connectivity index (χ2n) is 22.8. The summed E-state index contributed by atoms with van der Waals surface area (Å²) in [6.45, 7) is 4.58. The van der Waals surface area contributed by atoms with Crippen LogP contribution in [0.25, 0.3) is 0 Å². The number of aliphatic hydroxyl groups is 3. The molecule has 7 rings (SSSR count). The van der Waals surface area contributed by atoms with Crippen LogP contribution in [0.1, 0.15) is 100 Å². The summed E-state index contributed by atoms with van der Waals surface area (Å²) in [6, 6.07) is 8.78. The van der Waals surface area contributed by atoms with E-state index in [0.29, 0.717) is 51.6 Å². The highest BCUT2D eigenvalue weighted by Crippen LogP contribution is 2.52. The van der Waals surface area contributed by atoms with Gasteiger partial charge in [-0.3, -0.25) is 48.1 Å². The zero-order valence-electron chi connectivity index (χ0n) is 54.0. The van der Waals surface area contributed by atoms with Gasteiger partial charge in [-0.2, -0.15) is 0 Å². The van der Waals surface area contributed by atoms with Crippen LogP contribution in [0.3, 0.4) is 0 Å². The van der Waals surface area contributed by atoms with Crippen molar-refractivity contribution in [3.8, 4) is 23.0 Å². The Morgan fingerprint density at radius 3 is 1.93 bits per heavy atom. The molecule has 0 radical (unpaired) electrons. The summed E-state index contributed by atoms with van der Waals surface area (Å²) in [5.74, 6) is -6.58. The van der Waals surface area contributed by atoms with E-state index in [0.717, 1.165) is 17.1 Å². The number of fused-ring (bicyclic) bond motifs is 3. The van der Waals surface area contributed by atoms with E-state index >= 15 is 0 Å². The Hall–Kier alpha value is -7.69. The van der Waals surface area contributed by atoms with Crippen molar-refractivity contribution in [2.45, 2.75) is 101 Å². The molecule has 4 aliphatic rings. The van der Waals surface area contributed by atoms with Gasteiger partial charge in [-0.1, -0.05) is 24.3 Å². The normalized spacial score (nSPS) is 19.9. The number of carbonyl (C=O) groups excluding carboxylic acids is 9. The Morgan fingerprint density at radius 2 is 1.30 bits per heavy atom. The van der Waals surface area contributed by atoms with Crippen LogP contribution in [0.15, 0.2) is 54.6 Å². The number of nitrogens with one attached hydrogen (secondary N) is 3. The summed E-state index contributed by atoms with van der Waals surface area (Å²) in [5.41, 5.74) is -3.71. The Labute approximate surface area is 554 Å². The van der Waals surface area contributed by atoms with E-state index in [9.17, 15) is 68.7 Å². The number of aromatic hydroxyl groups is 2. The van der Waals surface area contributed by atoms with E-state index in [2.05, 4.69) is 16.0 Å². The van der Waals surface area contributed by atoms with Crippen molar-refractivity contribution in [1.82, 2.24) is 20.9 Å². The van der Waals surface area contributed by atoms with Crippen LogP contribution >= 0.6 is 0 Å². The first-order chi connectivity index (χ1) is 46.3. The molecule has 0 saturated carbocycles. The third kappa shape index (κ3) is 21.4. The molecule has 96 heavy (non-hydrogen) atoms. The molecule has 2 aliphatic heterocycles. The minimum Gasteiger partial charge on any atom is -0.507 e. The lowest BCUT2D eigenvalue weighted by atomic mass is 9.72. The number of Topliss-reactive ketones (excluding diaryl/α,β-unsaturated/α-hetero) is 2. The van der Waals surface area contributed by atoms with Gasteiger partial charge in [0.25, 0.3) is 17.7 Å². The number of amides is 5. The number of ether oxygens (including phenoxy) is 12. The predicted octanol–water partition coefficient (Wildman–Crippen LogP) is 0.198. The fraction of sp³-hybridized carbons (Fsp3) is 0.561. The minimum atomic E-state index is -2.41. The van der Waals surface area contributed by atoms with Crippen molar-refractivity contribution in [3.05, 3.63) is 93.6 Å². The first kappa shape index (κ1) is 75.7. The summed E-state index contributed by atoms with van der Waals surface area (Å²) in [5, 5.41) is 64.7. The number of hydrogen-bond donors (Lipinski definition) is 8. The summed E-state index contributed by atoms with van der Waals surface area (Å²) in [6.07, 6.45) is -3.93. The predicted molar refractivity (Wildman–Crippen MR) is 333 cm³/mol. The molecule has 30 heteroatoms. The van der Waals surface area contributed by atoms with Gasteiger partial charge in [-0.15, -0.1) is 0 Å². The number of carbonyl (C=O) groups is 9. The summed E-state index contributed by atoms with van der Waals surface area (Å²) >= 11 is 0. The molecule has 3 aromatic rings. The lowest BCUT2D eigenvalue weighted by Gasteiger charge is -2.42. The zero-order chi connectivity index (χ0) is 69.2. The maximum atomic E-state index is 14.1. The fourth-order valence-electron chi connectivity index (χ4n) is 11.1. The Morgan fingerprint density at radius 1 is 0.698 bits per heavy atom. The maximum absolute atomic E-state index is 14.1. The van der Waals surface area contributed by atoms with Crippen LogP contribution in [-0.2, 0) is 93.8 Å². The van der Waals surface area contributed by atoms with E-state index in [1.807, 2.05) is 0 Å². The molecule has 0 unspecified atom stereocenters. The van der Waals surface area contributed by atoms with Crippen LogP contribution < -0.4 is 25.4 Å². The van der Waals surface area contributed by atoms with Gasteiger partial charge in [0.15, 0.2) is 30.2 Å². The van der Waals surface area contributed by atoms with Crippen molar-refractivity contribution >= 4 is 52.7 Å². The summed E-state index contributed by atoms with van der Waals surface area (Å²) in [4.78, 5) is 118. The Kier molecular flexibility index (Phi) is 30.2. The Balaban J connectivity index is 0.858. The molecule has 7 atom stereocenters. The smallest absolute Gasteiger partial charge is 0.258 e. The fourth-order valence-corrected chi connectivity index (χ4v) is 11.1. The standard InChI is InChI=1S/C66H86N4O26/c1-40-61(79)46(35-56(95-40)96-49-37-66(84,50(73)38-71)36-44-58(49)65(83)60-59(63(44)81)62(80)43-6-4-8-48(86-3)57(43)64(60)82)69-53(76)39-94-42-11-9-41(10-12-42)34-45(47(72)7-5-19-87-24-27-91-31-30-90-23-22-85-2)68-52(75)16-20-88-25-28-92-32-33-93-29-26-89-21-17-67-51(74)15-18-70-54(77)13-14-55(70)78/h4,6,8-14,40,45-46,49,56,61,71,79,81,83-84H,5,7,15-39H2,1-3H3,(H,67,74)(H,68,75)(H,69,76)/t40-,45+,46-,49-,56-,61+,66-/m1/s1. The topological polar surface area (TPSA) is 405 Å². The van der Waals surface area contributed by atoms with Gasteiger partial charge in [0, 0.05) is 94.2 Å². The third-order valence-electron chi connectivity index (χ3n) is 16.1. The molecular weight excluding hydrogens is 1260 g/mol. The lowest BCUT2D eigenvalue weighted by molar-refractivity contribution is -0.249. The third-order valence-corrected chi connectivity index (χ3v) is 16.1. The minimum absolute atomic E-state index is 0.000692. The number of rotatable bonds is 44. The average Bonchev–Trinajstić information content (AvgIpc) is 0.763. The number of methoxy groups -OCH3 is 2. The van der Waals surface area contributed by atoms with Gasteiger partial charge < -0.3 is 98.3 Å². The first-order valence-corrected chi connectivity index (χ1v) is 31.7. The highest BCUT2D eigenvalue weighted by Gasteiger charge is 2.50. The maximum Gasteiger partial charge on any atom is 0.258 e. The van der Waals surface area contributed by atoms with Crippen LogP contribution in [0.5, 0.6) is 23.0 Å². The van der Waals surface area contributed by atoms with E-state index in [-0.39, 0.29) is 150 Å². The number of imide groups is 1. The quantitative estimate of drug-likeness (QED) is 0.0167. The molecule has 30 nitrogen and oxygen atoms in total. The number of ketones is 4. The second-order valence-corrected chi connectivity index (χ2v) is 22.8. The number of aliphatic hydroxyl groups excluding tert-OH is 2. The second kappa shape index (κ2) is 38.3. The molecule has 0 aromatic heterocycles. The number of phenols is 2. The van der Waals surface area contributed by atoms with Gasteiger partial charge in [-0.05, 0) is 43.5 Å².